The molecule has 0 heterocycles. The van der Waals surface area contributed by atoms with Crippen LogP contribution in [0.15, 0.2) is 0 Å². The first-order valence-electron chi connectivity index (χ1n) is 13.0. The van der Waals surface area contributed by atoms with Crippen molar-refractivity contribution in [1.82, 2.24) is 0 Å². The molecule has 0 aromatic rings. The Morgan fingerprint density at radius 1 is 1.00 bits per heavy atom. The molecular formula is C27H46O3. The number of ketones is 1. The summed E-state index contributed by atoms with van der Waals surface area (Å²) in [5.74, 6) is 3.87. The van der Waals surface area contributed by atoms with Crippen molar-refractivity contribution < 1.29 is 15.0 Å². The fourth-order valence-corrected chi connectivity index (χ4v) is 9.04. The number of rotatable bonds is 5. The second kappa shape index (κ2) is 7.87. The van der Waals surface area contributed by atoms with Gasteiger partial charge in [0.05, 0.1) is 6.10 Å². The van der Waals surface area contributed by atoms with E-state index in [2.05, 4.69) is 34.6 Å². The van der Waals surface area contributed by atoms with Gasteiger partial charge in [-0.15, -0.1) is 0 Å². The summed E-state index contributed by atoms with van der Waals surface area (Å²) in [6.07, 6.45) is 10.8. The third-order valence-corrected chi connectivity index (χ3v) is 10.8. The van der Waals surface area contributed by atoms with Crippen molar-refractivity contribution >= 4 is 5.78 Å². The maximum Gasteiger partial charge on any atom is 0.165 e. The normalized spacial score (nSPS) is 49.5. The van der Waals surface area contributed by atoms with Crippen LogP contribution < -0.4 is 0 Å². The summed E-state index contributed by atoms with van der Waals surface area (Å²) in [5, 5.41) is 21.7. The van der Waals surface area contributed by atoms with Gasteiger partial charge in [0.2, 0.25) is 0 Å². The first-order valence-corrected chi connectivity index (χ1v) is 13.0. The van der Waals surface area contributed by atoms with Gasteiger partial charge in [-0.25, -0.2) is 0 Å². The Kier molecular flexibility index (Phi) is 5.97. The van der Waals surface area contributed by atoms with Gasteiger partial charge in [0.15, 0.2) is 5.78 Å². The number of hydrogen-bond donors (Lipinski definition) is 2. The van der Waals surface area contributed by atoms with Crippen LogP contribution in [0.4, 0.5) is 0 Å². The van der Waals surface area contributed by atoms with E-state index in [0.29, 0.717) is 29.6 Å². The maximum atomic E-state index is 13.3. The Balaban J connectivity index is 1.54. The van der Waals surface area contributed by atoms with E-state index >= 15 is 0 Å². The van der Waals surface area contributed by atoms with Gasteiger partial charge < -0.3 is 10.2 Å². The zero-order chi connectivity index (χ0) is 21.9. The molecule has 0 aromatic heterocycles. The number of hydrogen-bond acceptors (Lipinski definition) is 3. The molecule has 2 N–H and O–H groups in total. The summed E-state index contributed by atoms with van der Waals surface area (Å²) >= 11 is 0. The minimum Gasteiger partial charge on any atom is -0.393 e. The van der Waals surface area contributed by atoms with Crippen LogP contribution in [-0.2, 0) is 4.79 Å². The average Bonchev–Trinajstić information content (AvgIpc) is 3.01. The second-order valence-corrected chi connectivity index (χ2v) is 12.7. The first kappa shape index (κ1) is 22.8. The third-order valence-electron chi connectivity index (χ3n) is 10.8. The highest BCUT2D eigenvalue weighted by Gasteiger charge is 2.67. The molecule has 0 radical (unpaired) electrons. The van der Waals surface area contributed by atoms with Gasteiger partial charge in [0.25, 0.3) is 0 Å². The Morgan fingerprint density at radius 3 is 2.43 bits per heavy atom. The van der Waals surface area contributed by atoms with Crippen molar-refractivity contribution in [2.45, 2.75) is 117 Å². The van der Waals surface area contributed by atoms with Gasteiger partial charge in [-0.3, -0.25) is 4.79 Å². The van der Waals surface area contributed by atoms with Gasteiger partial charge in [-0.2, -0.15) is 0 Å². The predicted molar refractivity (Wildman–Crippen MR) is 121 cm³/mol. The number of aliphatic hydroxyl groups excluding tert-OH is 1. The molecule has 3 nitrogen and oxygen atoms in total. The van der Waals surface area contributed by atoms with Crippen molar-refractivity contribution in [1.29, 1.82) is 0 Å². The van der Waals surface area contributed by atoms with Crippen LogP contribution in [0.1, 0.15) is 105 Å². The summed E-state index contributed by atoms with van der Waals surface area (Å²) in [4.78, 5) is 13.3. The molecule has 4 aliphatic carbocycles. The van der Waals surface area contributed by atoms with Crippen molar-refractivity contribution in [2.24, 2.45) is 46.3 Å². The second-order valence-electron chi connectivity index (χ2n) is 12.7. The molecule has 0 bridgehead atoms. The van der Waals surface area contributed by atoms with Crippen molar-refractivity contribution in [3.63, 3.8) is 0 Å². The van der Waals surface area contributed by atoms with Crippen LogP contribution in [0.25, 0.3) is 0 Å². The van der Waals surface area contributed by atoms with Crippen LogP contribution in [-0.4, -0.2) is 27.7 Å². The zero-order valence-corrected chi connectivity index (χ0v) is 20.1. The summed E-state index contributed by atoms with van der Waals surface area (Å²) in [6.45, 7) is 11.9. The maximum absolute atomic E-state index is 13.3. The van der Waals surface area contributed by atoms with E-state index in [1.165, 1.54) is 38.5 Å². The number of carbonyl (C=O) groups is 1. The summed E-state index contributed by atoms with van der Waals surface area (Å²) in [7, 11) is 0. The molecule has 4 fully saturated rings. The van der Waals surface area contributed by atoms with E-state index in [1.807, 2.05) is 0 Å². The molecular weight excluding hydrogens is 372 g/mol. The highest BCUT2D eigenvalue weighted by atomic mass is 16.3. The van der Waals surface area contributed by atoms with Crippen LogP contribution in [0.5, 0.6) is 0 Å². The molecule has 0 spiro atoms. The predicted octanol–water partition coefficient (Wildman–Crippen LogP) is 5.76. The summed E-state index contributed by atoms with van der Waals surface area (Å²) < 4.78 is 0. The molecule has 0 amide bonds. The summed E-state index contributed by atoms with van der Waals surface area (Å²) in [6, 6.07) is 0. The topological polar surface area (TPSA) is 57.5 Å². The molecule has 30 heavy (non-hydrogen) atoms. The number of Topliss-reactive ketones (excluding diaryl/α,β-unsaturated/α-hetero) is 1. The Hall–Kier alpha value is -0.410. The molecule has 2 unspecified atom stereocenters. The molecule has 4 saturated carbocycles. The van der Waals surface area contributed by atoms with Crippen LogP contribution in [0.3, 0.4) is 0 Å². The minimum absolute atomic E-state index is 0.0303. The van der Waals surface area contributed by atoms with Crippen molar-refractivity contribution in [3.05, 3.63) is 0 Å². The zero-order valence-electron chi connectivity index (χ0n) is 20.1. The standard InChI is InChI=1S/C27H46O3/c1-17(2)7-6-8-18(3)21-9-10-22-20-15-24(29)27(30)16-19(28)11-14-26(27,5)23(20)12-13-25(21,22)4/h17-23,28,30H,6-16H2,1-5H3/t18-,19?,20?,21-,22+,23+,25-,26-,27+/m1/s1. The Bertz CT molecular complexity index is 658. The van der Waals surface area contributed by atoms with Crippen LogP contribution in [0, 0.1) is 46.3 Å². The fourth-order valence-electron chi connectivity index (χ4n) is 9.04. The van der Waals surface area contributed by atoms with Gasteiger partial charge in [-0.1, -0.05) is 53.9 Å². The lowest BCUT2D eigenvalue weighted by atomic mass is 9.42. The average molecular weight is 419 g/mol. The van der Waals surface area contributed by atoms with Crippen molar-refractivity contribution in [2.75, 3.05) is 0 Å². The van der Waals surface area contributed by atoms with E-state index in [-0.39, 0.29) is 17.6 Å². The highest BCUT2D eigenvalue weighted by Crippen LogP contribution is 2.68. The van der Waals surface area contributed by atoms with Crippen molar-refractivity contribution in [3.8, 4) is 0 Å². The molecule has 3 heteroatoms. The Labute approximate surface area is 184 Å². The lowest BCUT2D eigenvalue weighted by Crippen LogP contribution is -2.67. The fraction of sp³-hybridized carbons (Fsp3) is 0.963. The molecule has 4 rings (SSSR count). The largest absolute Gasteiger partial charge is 0.393 e. The number of fused-ring (bicyclic) bond motifs is 5. The minimum atomic E-state index is -1.30. The number of aliphatic hydroxyl groups is 2. The lowest BCUT2D eigenvalue weighted by Gasteiger charge is -2.63. The van der Waals surface area contributed by atoms with E-state index in [0.717, 1.165) is 37.0 Å². The lowest BCUT2D eigenvalue weighted by molar-refractivity contribution is -0.213. The molecule has 172 valence electrons. The molecule has 4 aliphatic rings. The van der Waals surface area contributed by atoms with Gasteiger partial charge >= 0.3 is 0 Å². The quantitative estimate of drug-likeness (QED) is 0.596. The molecule has 9 atom stereocenters. The highest BCUT2D eigenvalue weighted by molar-refractivity contribution is 5.89. The molecule has 0 aliphatic heterocycles. The molecule has 0 aromatic carbocycles. The SMILES string of the molecule is CC(C)CCC[C@@H](C)[C@H]1CC[C@H]2C3CC(=O)[C@@]4(O)CC(O)CC[C@]4(C)[C@H]3CC[C@]12C. The van der Waals surface area contributed by atoms with Gasteiger partial charge in [0, 0.05) is 18.3 Å². The smallest absolute Gasteiger partial charge is 0.165 e. The van der Waals surface area contributed by atoms with Gasteiger partial charge in [-0.05, 0) is 79.4 Å². The summed E-state index contributed by atoms with van der Waals surface area (Å²) in [5.41, 5.74) is -1.30. The molecule has 0 saturated heterocycles. The van der Waals surface area contributed by atoms with E-state index in [1.54, 1.807) is 0 Å². The van der Waals surface area contributed by atoms with Gasteiger partial charge in [0.1, 0.15) is 5.60 Å². The Morgan fingerprint density at radius 2 is 1.73 bits per heavy atom. The first-order chi connectivity index (χ1) is 14.0. The van der Waals surface area contributed by atoms with E-state index in [4.69, 9.17) is 0 Å². The monoisotopic (exact) mass is 418 g/mol. The van der Waals surface area contributed by atoms with E-state index < -0.39 is 11.7 Å². The van der Waals surface area contributed by atoms with Crippen LogP contribution >= 0.6 is 0 Å². The van der Waals surface area contributed by atoms with Crippen LogP contribution in [0.2, 0.25) is 0 Å². The third kappa shape index (κ3) is 3.33. The number of carbonyl (C=O) groups excluding carboxylic acids is 1. The van der Waals surface area contributed by atoms with E-state index in [9.17, 15) is 15.0 Å².